The summed E-state index contributed by atoms with van der Waals surface area (Å²) in [7, 11) is 0. The number of carbonyl (C=O) groups is 1. The lowest BCUT2D eigenvalue weighted by atomic mass is 9.88. The number of nitrogens with one attached hydrogen (secondary N) is 2. The summed E-state index contributed by atoms with van der Waals surface area (Å²) in [6.07, 6.45) is 1.92. The maximum Gasteiger partial charge on any atom is 0.220 e. The van der Waals surface area contributed by atoms with Gasteiger partial charge in [-0.05, 0) is 30.7 Å². The van der Waals surface area contributed by atoms with Crippen LogP contribution in [0, 0.1) is 17.8 Å². The SMILES string of the molecule is CC(C)NC[C@H]1[C@@H]2CC(=O)N[C@@H]2C[C@@H]1C. The number of rotatable bonds is 3. The Balaban J connectivity index is 1.94. The van der Waals surface area contributed by atoms with Crippen molar-refractivity contribution in [3.05, 3.63) is 0 Å². The summed E-state index contributed by atoms with van der Waals surface area (Å²) >= 11 is 0. The van der Waals surface area contributed by atoms with E-state index >= 15 is 0 Å². The molecule has 1 saturated carbocycles. The van der Waals surface area contributed by atoms with Gasteiger partial charge in [-0.25, -0.2) is 0 Å². The molecule has 0 radical (unpaired) electrons. The standard InChI is InChI=1S/C12H22N2O/c1-7(2)13-6-10-8(3)4-11-9(10)5-12(15)14-11/h7-11,13H,4-6H2,1-3H3,(H,14,15)/t8-,9-,10+,11+/m0/s1. The predicted octanol–water partition coefficient (Wildman–Crippen LogP) is 1.15. The minimum atomic E-state index is 0.256. The Morgan fingerprint density at radius 2 is 2.27 bits per heavy atom. The number of amides is 1. The molecule has 0 aromatic heterocycles. The lowest BCUT2D eigenvalue weighted by molar-refractivity contribution is -0.119. The highest BCUT2D eigenvalue weighted by molar-refractivity contribution is 5.79. The normalized spacial score (nSPS) is 39.6. The van der Waals surface area contributed by atoms with E-state index in [-0.39, 0.29) is 5.91 Å². The zero-order valence-corrected chi connectivity index (χ0v) is 9.92. The largest absolute Gasteiger partial charge is 0.353 e. The second kappa shape index (κ2) is 4.12. The lowest BCUT2D eigenvalue weighted by Gasteiger charge is -2.22. The fourth-order valence-electron chi connectivity index (χ4n) is 3.13. The molecule has 3 heteroatoms. The maximum atomic E-state index is 11.3. The number of hydrogen-bond donors (Lipinski definition) is 2. The van der Waals surface area contributed by atoms with Crippen molar-refractivity contribution in [3.63, 3.8) is 0 Å². The van der Waals surface area contributed by atoms with Gasteiger partial charge in [-0.15, -0.1) is 0 Å². The van der Waals surface area contributed by atoms with Crippen LogP contribution in [0.1, 0.15) is 33.6 Å². The molecule has 1 aliphatic carbocycles. The summed E-state index contributed by atoms with van der Waals surface area (Å²) in [5, 5.41) is 6.60. The van der Waals surface area contributed by atoms with Gasteiger partial charge < -0.3 is 10.6 Å². The Kier molecular flexibility index (Phi) is 3.01. The van der Waals surface area contributed by atoms with Gasteiger partial charge in [0.15, 0.2) is 0 Å². The van der Waals surface area contributed by atoms with Gasteiger partial charge in [0.05, 0.1) is 0 Å². The van der Waals surface area contributed by atoms with Crippen molar-refractivity contribution in [3.8, 4) is 0 Å². The van der Waals surface area contributed by atoms with E-state index in [2.05, 4.69) is 31.4 Å². The predicted molar refractivity (Wildman–Crippen MR) is 60.4 cm³/mol. The van der Waals surface area contributed by atoms with Crippen molar-refractivity contribution in [1.29, 1.82) is 0 Å². The molecule has 2 fully saturated rings. The average Bonchev–Trinajstić information content (AvgIpc) is 2.57. The lowest BCUT2D eigenvalue weighted by Crippen LogP contribution is -2.33. The Hall–Kier alpha value is -0.570. The molecule has 0 unspecified atom stereocenters. The average molecular weight is 210 g/mol. The summed E-state index contributed by atoms with van der Waals surface area (Å²) in [6, 6.07) is 1.01. The highest BCUT2D eigenvalue weighted by Crippen LogP contribution is 2.41. The van der Waals surface area contributed by atoms with Crippen molar-refractivity contribution in [1.82, 2.24) is 10.6 Å². The molecule has 0 aromatic rings. The van der Waals surface area contributed by atoms with Crippen LogP contribution >= 0.6 is 0 Å². The Labute approximate surface area is 92.0 Å². The van der Waals surface area contributed by atoms with Crippen molar-refractivity contribution in [2.24, 2.45) is 17.8 Å². The molecule has 4 atom stereocenters. The van der Waals surface area contributed by atoms with Crippen LogP contribution in [0.3, 0.4) is 0 Å². The van der Waals surface area contributed by atoms with Crippen LogP contribution in [-0.4, -0.2) is 24.5 Å². The van der Waals surface area contributed by atoms with E-state index in [0.29, 0.717) is 23.9 Å². The molecule has 3 nitrogen and oxygen atoms in total. The molecule has 86 valence electrons. The second-order valence-corrected chi connectivity index (χ2v) is 5.48. The molecule has 1 aliphatic heterocycles. The summed E-state index contributed by atoms with van der Waals surface area (Å²) in [5.41, 5.74) is 0. The minimum absolute atomic E-state index is 0.256. The van der Waals surface area contributed by atoms with Crippen molar-refractivity contribution in [2.75, 3.05) is 6.54 Å². The van der Waals surface area contributed by atoms with Gasteiger partial charge in [-0.2, -0.15) is 0 Å². The molecule has 0 spiro atoms. The molecular weight excluding hydrogens is 188 g/mol. The van der Waals surface area contributed by atoms with Crippen molar-refractivity contribution >= 4 is 5.91 Å². The molecule has 15 heavy (non-hydrogen) atoms. The van der Waals surface area contributed by atoms with Gasteiger partial charge in [0, 0.05) is 18.5 Å². The fourth-order valence-corrected chi connectivity index (χ4v) is 3.13. The monoisotopic (exact) mass is 210 g/mol. The quantitative estimate of drug-likeness (QED) is 0.733. The Morgan fingerprint density at radius 3 is 2.93 bits per heavy atom. The van der Waals surface area contributed by atoms with E-state index in [9.17, 15) is 4.79 Å². The van der Waals surface area contributed by atoms with Crippen LogP contribution in [0.15, 0.2) is 0 Å². The Morgan fingerprint density at radius 1 is 1.53 bits per heavy atom. The molecule has 1 heterocycles. The molecular formula is C12H22N2O. The van der Waals surface area contributed by atoms with Crippen LogP contribution < -0.4 is 10.6 Å². The molecule has 2 N–H and O–H groups in total. The van der Waals surface area contributed by atoms with Crippen LogP contribution in [0.5, 0.6) is 0 Å². The molecule has 0 bridgehead atoms. The number of fused-ring (bicyclic) bond motifs is 1. The first-order chi connectivity index (χ1) is 7.08. The number of carbonyl (C=O) groups excluding carboxylic acids is 1. The Bertz CT molecular complexity index is 252. The summed E-state index contributed by atoms with van der Waals surface area (Å²) in [6.45, 7) is 7.73. The highest BCUT2D eigenvalue weighted by Gasteiger charge is 2.45. The van der Waals surface area contributed by atoms with Crippen molar-refractivity contribution in [2.45, 2.75) is 45.7 Å². The molecule has 1 amide bonds. The van der Waals surface area contributed by atoms with Crippen LogP contribution in [0.25, 0.3) is 0 Å². The maximum absolute atomic E-state index is 11.3. The minimum Gasteiger partial charge on any atom is -0.353 e. The van der Waals surface area contributed by atoms with E-state index < -0.39 is 0 Å². The van der Waals surface area contributed by atoms with Gasteiger partial charge in [-0.3, -0.25) is 4.79 Å². The fraction of sp³-hybridized carbons (Fsp3) is 0.917. The van der Waals surface area contributed by atoms with Crippen LogP contribution in [-0.2, 0) is 4.79 Å². The first-order valence-corrected chi connectivity index (χ1v) is 6.10. The summed E-state index contributed by atoms with van der Waals surface area (Å²) in [5.74, 6) is 2.26. The van der Waals surface area contributed by atoms with E-state index in [0.717, 1.165) is 18.9 Å². The first-order valence-electron chi connectivity index (χ1n) is 6.10. The number of hydrogen-bond acceptors (Lipinski definition) is 2. The van der Waals surface area contributed by atoms with E-state index in [1.54, 1.807) is 0 Å². The zero-order chi connectivity index (χ0) is 11.0. The smallest absolute Gasteiger partial charge is 0.220 e. The van der Waals surface area contributed by atoms with Gasteiger partial charge in [0.2, 0.25) is 5.91 Å². The summed E-state index contributed by atoms with van der Waals surface area (Å²) in [4.78, 5) is 11.3. The van der Waals surface area contributed by atoms with Crippen LogP contribution in [0.2, 0.25) is 0 Å². The van der Waals surface area contributed by atoms with Crippen molar-refractivity contribution < 1.29 is 4.79 Å². The summed E-state index contributed by atoms with van der Waals surface area (Å²) < 4.78 is 0. The van der Waals surface area contributed by atoms with E-state index in [1.165, 1.54) is 6.42 Å². The van der Waals surface area contributed by atoms with E-state index in [4.69, 9.17) is 0 Å². The third-order valence-electron chi connectivity index (χ3n) is 3.95. The van der Waals surface area contributed by atoms with Gasteiger partial charge in [0.25, 0.3) is 0 Å². The van der Waals surface area contributed by atoms with E-state index in [1.807, 2.05) is 0 Å². The molecule has 2 aliphatic rings. The molecule has 0 aromatic carbocycles. The highest BCUT2D eigenvalue weighted by atomic mass is 16.2. The molecule has 1 saturated heterocycles. The third-order valence-corrected chi connectivity index (χ3v) is 3.95. The third kappa shape index (κ3) is 2.17. The van der Waals surface area contributed by atoms with Gasteiger partial charge in [-0.1, -0.05) is 20.8 Å². The first kappa shape index (κ1) is 10.9. The van der Waals surface area contributed by atoms with Crippen LogP contribution in [0.4, 0.5) is 0 Å². The topological polar surface area (TPSA) is 41.1 Å². The van der Waals surface area contributed by atoms with Gasteiger partial charge >= 0.3 is 0 Å². The second-order valence-electron chi connectivity index (χ2n) is 5.48. The zero-order valence-electron chi connectivity index (χ0n) is 9.92. The molecule has 2 rings (SSSR count). The van der Waals surface area contributed by atoms with Gasteiger partial charge in [0.1, 0.15) is 0 Å².